The molecule has 18 heavy (non-hydrogen) atoms. The van der Waals surface area contributed by atoms with E-state index in [1.165, 1.54) is 24.8 Å². The maximum Gasteiger partial charge on any atom is 0.308 e. The number of esters is 1. The van der Waals surface area contributed by atoms with Crippen LogP contribution < -0.4 is 4.74 Å². The van der Waals surface area contributed by atoms with Gasteiger partial charge in [-0.3, -0.25) is 14.4 Å². The highest BCUT2D eigenvalue weighted by Crippen LogP contribution is 2.14. The number of benzene rings is 1. The van der Waals surface area contributed by atoms with Gasteiger partial charge in [-0.15, -0.1) is 0 Å². The third kappa shape index (κ3) is 4.01. The summed E-state index contributed by atoms with van der Waals surface area (Å²) in [5, 5.41) is 0. The molecule has 1 rings (SSSR count). The Bertz CT molecular complexity index is 482. The second-order valence-electron chi connectivity index (χ2n) is 3.92. The number of hydrogen-bond donors (Lipinski definition) is 0. The predicted octanol–water partition coefficient (Wildman–Crippen LogP) is 1.27. The molecule has 0 radical (unpaired) electrons. The average Bonchev–Trinajstić information content (AvgIpc) is 2.28. The molecule has 0 fully saturated rings. The molecule has 0 heterocycles. The Labute approximate surface area is 105 Å². The van der Waals surface area contributed by atoms with Crippen molar-refractivity contribution in [3.8, 4) is 5.75 Å². The number of ketones is 1. The molecule has 0 N–H and O–H groups in total. The van der Waals surface area contributed by atoms with Gasteiger partial charge in [0.2, 0.25) is 5.91 Å². The smallest absolute Gasteiger partial charge is 0.308 e. The molecule has 0 aliphatic heterocycles. The topological polar surface area (TPSA) is 63.7 Å². The Kier molecular flexibility index (Phi) is 4.59. The largest absolute Gasteiger partial charge is 0.427 e. The molecule has 0 spiro atoms. The third-order valence-electron chi connectivity index (χ3n) is 2.34. The lowest BCUT2D eigenvalue weighted by Crippen LogP contribution is -2.30. The molecule has 1 aromatic carbocycles. The van der Waals surface area contributed by atoms with E-state index in [1.807, 2.05) is 0 Å². The highest BCUT2D eigenvalue weighted by atomic mass is 16.5. The molecule has 0 aliphatic carbocycles. The molecule has 5 heteroatoms. The first kappa shape index (κ1) is 13.9. The summed E-state index contributed by atoms with van der Waals surface area (Å²) in [6.07, 6.45) is 0. The van der Waals surface area contributed by atoms with Gasteiger partial charge >= 0.3 is 5.97 Å². The second kappa shape index (κ2) is 5.95. The van der Waals surface area contributed by atoms with Crippen LogP contribution in [-0.2, 0) is 9.59 Å². The van der Waals surface area contributed by atoms with Gasteiger partial charge in [-0.2, -0.15) is 0 Å². The van der Waals surface area contributed by atoms with E-state index in [2.05, 4.69) is 0 Å². The number of Topliss-reactive ketones (excluding diaryl/α,β-unsaturated/α-hetero) is 1. The van der Waals surface area contributed by atoms with E-state index in [-0.39, 0.29) is 18.2 Å². The zero-order valence-electron chi connectivity index (χ0n) is 10.6. The molecule has 1 amide bonds. The standard InChI is InChI=1S/C13H15NO4/c1-9(15)14(3)8-13(17)11-5-4-6-12(7-11)18-10(2)16/h4-7H,8H2,1-3H3. The molecule has 1 aromatic rings. The van der Waals surface area contributed by atoms with Crippen LogP contribution >= 0.6 is 0 Å². The zero-order valence-corrected chi connectivity index (χ0v) is 10.6. The summed E-state index contributed by atoms with van der Waals surface area (Å²) in [7, 11) is 1.55. The minimum Gasteiger partial charge on any atom is -0.427 e. The van der Waals surface area contributed by atoms with Crippen LogP contribution in [0.15, 0.2) is 24.3 Å². The van der Waals surface area contributed by atoms with E-state index in [9.17, 15) is 14.4 Å². The van der Waals surface area contributed by atoms with Crippen LogP contribution in [0.1, 0.15) is 24.2 Å². The van der Waals surface area contributed by atoms with Gasteiger partial charge in [0.25, 0.3) is 0 Å². The highest BCUT2D eigenvalue weighted by molar-refractivity contribution is 5.99. The fourth-order valence-corrected chi connectivity index (χ4v) is 1.32. The lowest BCUT2D eigenvalue weighted by molar-refractivity contribution is -0.132. The fourth-order valence-electron chi connectivity index (χ4n) is 1.32. The minimum atomic E-state index is -0.444. The van der Waals surface area contributed by atoms with Crippen LogP contribution in [0, 0.1) is 0 Å². The lowest BCUT2D eigenvalue weighted by atomic mass is 10.1. The molecular formula is C13H15NO4. The first-order valence-electron chi connectivity index (χ1n) is 5.43. The van der Waals surface area contributed by atoms with Crippen LogP contribution in [0.5, 0.6) is 5.75 Å². The Morgan fingerprint density at radius 1 is 1.22 bits per heavy atom. The molecule has 0 saturated carbocycles. The number of carbonyl (C=O) groups excluding carboxylic acids is 3. The average molecular weight is 249 g/mol. The van der Waals surface area contributed by atoms with Crippen molar-refractivity contribution in [1.82, 2.24) is 4.90 Å². The van der Waals surface area contributed by atoms with Crippen molar-refractivity contribution in [3.05, 3.63) is 29.8 Å². The molecule has 0 saturated heterocycles. The number of hydrogen-bond acceptors (Lipinski definition) is 4. The Hall–Kier alpha value is -2.17. The van der Waals surface area contributed by atoms with Crippen molar-refractivity contribution in [2.75, 3.05) is 13.6 Å². The molecular weight excluding hydrogens is 234 g/mol. The van der Waals surface area contributed by atoms with Crippen molar-refractivity contribution in [2.45, 2.75) is 13.8 Å². The summed E-state index contributed by atoms with van der Waals surface area (Å²) in [6.45, 7) is 2.68. The van der Waals surface area contributed by atoms with Crippen LogP contribution in [0.25, 0.3) is 0 Å². The van der Waals surface area contributed by atoms with Crippen molar-refractivity contribution in [1.29, 1.82) is 0 Å². The van der Waals surface area contributed by atoms with Crippen LogP contribution in [0.4, 0.5) is 0 Å². The number of ether oxygens (including phenoxy) is 1. The van der Waals surface area contributed by atoms with E-state index in [4.69, 9.17) is 4.74 Å². The fraction of sp³-hybridized carbons (Fsp3) is 0.308. The molecule has 0 atom stereocenters. The maximum absolute atomic E-state index is 11.9. The third-order valence-corrected chi connectivity index (χ3v) is 2.34. The summed E-state index contributed by atoms with van der Waals surface area (Å²) in [5.41, 5.74) is 0.404. The zero-order chi connectivity index (χ0) is 13.7. The van der Waals surface area contributed by atoms with Crippen molar-refractivity contribution >= 4 is 17.7 Å². The van der Waals surface area contributed by atoms with Crippen molar-refractivity contribution < 1.29 is 19.1 Å². The number of nitrogens with zero attached hydrogens (tertiary/aromatic N) is 1. The van der Waals surface area contributed by atoms with E-state index in [0.717, 1.165) is 0 Å². The van der Waals surface area contributed by atoms with Crippen molar-refractivity contribution in [2.24, 2.45) is 0 Å². The summed E-state index contributed by atoms with van der Waals surface area (Å²) >= 11 is 0. The molecule has 0 aliphatic rings. The normalized spacial score (nSPS) is 9.72. The number of rotatable bonds is 4. The van der Waals surface area contributed by atoms with Crippen LogP contribution in [0.2, 0.25) is 0 Å². The monoisotopic (exact) mass is 249 g/mol. The SMILES string of the molecule is CC(=O)Oc1cccc(C(=O)CN(C)C(C)=O)c1. The van der Waals surface area contributed by atoms with Gasteiger partial charge in [0, 0.05) is 26.5 Å². The van der Waals surface area contributed by atoms with Gasteiger partial charge in [-0.05, 0) is 12.1 Å². The van der Waals surface area contributed by atoms with E-state index >= 15 is 0 Å². The van der Waals surface area contributed by atoms with Gasteiger partial charge in [-0.25, -0.2) is 0 Å². The van der Waals surface area contributed by atoms with Gasteiger partial charge in [0.05, 0.1) is 6.54 Å². The molecule has 5 nitrogen and oxygen atoms in total. The molecule has 0 aromatic heterocycles. The van der Waals surface area contributed by atoms with Gasteiger partial charge < -0.3 is 9.64 Å². The number of amides is 1. The Morgan fingerprint density at radius 2 is 1.89 bits per heavy atom. The van der Waals surface area contributed by atoms with Crippen LogP contribution in [-0.4, -0.2) is 36.2 Å². The van der Waals surface area contributed by atoms with Crippen LogP contribution in [0.3, 0.4) is 0 Å². The van der Waals surface area contributed by atoms with Gasteiger partial charge in [0.15, 0.2) is 5.78 Å². The quantitative estimate of drug-likeness (QED) is 0.458. The predicted molar refractivity (Wildman–Crippen MR) is 65.4 cm³/mol. The second-order valence-corrected chi connectivity index (χ2v) is 3.92. The maximum atomic E-state index is 11.9. The summed E-state index contributed by atoms with van der Waals surface area (Å²) in [5.74, 6) is -0.513. The van der Waals surface area contributed by atoms with Crippen molar-refractivity contribution in [3.63, 3.8) is 0 Å². The molecule has 0 unspecified atom stereocenters. The van der Waals surface area contributed by atoms with Gasteiger partial charge in [-0.1, -0.05) is 12.1 Å². The molecule has 96 valence electrons. The van der Waals surface area contributed by atoms with E-state index in [0.29, 0.717) is 11.3 Å². The number of likely N-dealkylation sites (N-methyl/N-ethyl adjacent to an activating group) is 1. The Morgan fingerprint density at radius 3 is 2.44 bits per heavy atom. The van der Waals surface area contributed by atoms with E-state index in [1.54, 1.807) is 25.2 Å². The summed E-state index contributed by atoms with van der Waals surface area (Å²) < 4.78 is 4.89. The Balaban J connectivity index is 2.80. The molecule has 0 bridgehead atoms. The highest BCUT2D eigenvalue weighted by Gasteiger charge is 2.12. The first-order valence-corrected chi connectivity index (χ1v) is 5.43. The summed E-state index contributed by atoms with van der Waals surface area (Å²) in [6, 6.07) is 6.31. The van der Waals surface area contributed by atoms with Gasteiger partial charge in [0.1, 0.15) is 5.75 Å². The lowest BCUT2D eigenvalue weighted by Gasteiger charge is -2.13. The van der Waals surface area contributed by atoms with E-state index < -0.39 is 5.97 Å². The minimum absolute atomic E-state index is 0.00113. The summed E-state index contributed by atoms with van der Waals surface area (Å²) in [4.78, 5) is 35.0. The first-order chi connectivity index (χ1) is 8.40. The number of carbonyl (C=O) groups is 3.